The van der Waals surface area contributed by atoms with Gasteiger partial charge in [-0.25, -0.2) is 8.42 Å². The Bertz CT molecular complexity index is 1110. The molecule has 0 bridgehead atoms. The summed E-state index contributed by atoms with van der Waals surface area (Å²) in [6.07, 6.45) is 0. The fraction of sp³-hybridized carbons (Fsp3) is 0.208. The molecule has 1 amide bonds. The Balaban J connectivity index is 1.59. The monoisotopic (exact) mass is 438 g/mol. The van der Waals surface area contributed by atoms with Crippen LogP contribution in [0, 0.1) is 6.92 Å². The van der Waals surface area contributed by atoms with E-state index < -0.39 is 10.0 Å². The quantitative estimate of drug-likeness (QED) is 0.536. The molecule has 0 saturated carbocycles. The third-order valence-electron chi connectivity index (χ3n) is 4.93. The van der Waals surface area contributed by atoms with Gasteiger partial charge in [-0.2, -0.15) is 0 Å². The molecule has 6 nitrogen and oxygen atoms in total. The van der Waals surface area contributed by atoms with Crippen LogP contribution in [-0.2, 0) is 21.4 Å². The summed E-state index contributed by atoms with van der Waals surface area (Å²) in [5.74, 6) is 0.346. The highest BCUT2D eigenvalue weighted by molar-refractivity contribution is 7.92. The van der Waals surface area contributed by atoms with E-state index in [0.29, 0.717) is 18.0 Å². The van der Waals surface area contributed by atoms with Crippen molar-refractivity contribution in [2.45, 2.75) is 18.4 Å². The summed E-state index contributed by atoms with van der Waals surface area (Å²) in [6.45, 7) is 2.31. The molecule has 162 valence electrons. The number of likely N-dealkylation sites (N-methyl/N-ethyl adjacent to an activating group) is 1. The minimum absolute atomic E-state index is 0.0970. The number of nitrogens with zero attached hydrogens (tertiary/aromatic N) is 2. The smallest absolute Gasteiger partial charge is 0.264 e. The number of sulfonamides is 1. The van der Waals surface area contributed by atoms with Crippen molar-refractivity contribution in [2.75, 3.05) is 25.0 Å². The fourth-order valence-electron chi connectivity index (χ4n) is 2.96. The highest BCUT2D eigenvalue weighted by Gasteiger charge is 2.21. The van der Waals surface area contributed by atoms with E-state index in [1.165, 1.54) is 11.4 Å². The average molecular weight is 439 g/mol. The molecule has 0 N–H and O–H groups in total. The number of carbonyl (C=O) groups excluding carboxylic acids is 1. The minimum atomic E-state index is -3.66. The Kier molecular flexibility index (Phi) is 6.97. The van der Waals surface area contributed by atoms with Crippen LogP contribution < -0.4 is 9.04 Å². The molecule has 3 aromatic carbocycles. The van der Waals surface area contributed by atoms with Gasteiger partial charge in [-0.3, -0.25) is 9.10 Å². The van der Waals surface area contributed by atoms with Crippen molar-refractivity contribution in [1.82, 2.24) is 4.90 Å². The molecule has 31 heavy (non-hydrogen) atoms. The maximum Gasteiger partial charge on any atom is 0.264 e. The van der Waals surface area contributed by atoms with E-state index in [-0.39, 0.29) is 17.4 Å². The van der Waals surface area contributed by atoms with Crippen LogP contribution in [0.3, 0.4) is 0 Å². The normalized spacial score (nSPS) is 11.1. The molecule has 0 aliphatic carbocycles. The second kappa shape index (κ2) is 9.66. The SMILES string of the molecule is Cc1ccc(S(=O)(=O)N(C)c2ccc(OCC(=O)N(C)Cc3ccccc3)cc2)cc1. The highest BCUT2D eigenvalue weighted by atomic mass is 32.2. The molecule has 3 rings (SSSR count). The van der Waals surface area contributed by atoms with Gasteiger partial charge in [0.2, 0.25) is 0 Å². The Hall–Kier alpha value is -3.32. The third-order valence-corrected chi connectivity index (χ3v) is 6.73. The van der Waals surface area contributed by atoms with Crippen LogP contribution in [0.1, 0.15) is 11.1 Å². The van der Waals surface area contributed by atoms with Crippen molar-refractivity contribution in [3.05, 3.63) is 90.0 Å². The van der Waals surface area contributed by atoms with Gasteiger partial charge in [-0.05, 0) is 48.9 Å². The Morgan fingerprint density at radius 2 is 1.48 bits per heavy atom. The molecule has 7 heteroatoms. The summed E-state index contributed by atoms with van der Waals surface area (Å²) in [5.41, 5.74) is 2.54. The zero-order chi connectivity index (χ0) is 22.4. The van der Waals surface area contributed by atoms with Gasteiger partial charge >= 0.3 is 0 Å². The van der Waals surface area contributed by atoms with E-state index in [1.807, 2.05) is 37.3 Å². The first-order valence-electron chi connectivity index (χ1n) is 9.84. The molecule has 0 unspecified atom stereocenters. The zero-order valence-electron chi connectivity index (χ0n) is 17.9. The molecule has 0 aliphatic rings. The van der Waals surface area contributed by atoms with Crippen molar-refractivity contribution < 1.29 is 17.9 Å². The summed E-state index contributed by atoms with van der Waals surface area (Å²) in [6, 6.07) is 23.1. The summed E-state index contributed by atoms with van der Waals surface area (Å²) >= 11 is 0. The molecule has 0 heterocycles. The number of anilines is 1. The van der Waals surface area contributed by atoms with E-state index in [2.05, 4.69) is 0 Å². The fourth-order valence-corrected chi connectivity index (χ4v) is 4.16. The molecule has 0 aromatic heterocycles. The van der Waals surface area contributed by atoms with Gasteiger partial charge in [0.1, 0.15) is 5.75 Å². The summed E-state index contributed by atoms with van der Waals surface area (Å²) in [4.78, 5) is 14.2. The Labute approximate surface area is 183 Å². The van der Waals surface area contributed by atoms with Gasteiger partial charge in [0.25, 0.3) is 15.9 Å². The predicted molar refractivity (Wildman–Crippen MR) is 122 cm³/mol. The van der Waals surface area contributed by atoms with Crippen LogP contribution in [0.15, 0.2) is 83.8 Å². The van der Waals surface area contributed by atoms with Gasteiger partial charge in [-0.1, -0.05) is 48.0 Å². The first kappa shape index (κ1) is 22.4. The Morgan fingerprint density at radius 1 is 0.871 bits per heavy atom. The van der Waals surface area contributed by atoms with E-state index in [1.54, 1.807) is 60.5 Å². The van der Waals surface area contributed by atoms with E-state index in [4.69, 9.17) is 4.74 Å². The maximum atomic E-state index is 12.8. The van der Waals surface area contributed by atoms with Gasteiger partial charge < -0.3 is 9.64 Å². The standard InChI is InChI=1S/C24H26N2O4S/c1-19-9-15-23(16-10-19)31(28,29)26(3)21-11-13-22(14-12-21)30-18-24(27)25(2)17-20-7-5-4-6-8-20/h4-16H,17-18H2,1-3H3. The maximum absolute atomic E-state index is 12.8. The number of benzene rings is 3. The molecule has 3 aromatic rings. The molecule has 0 fully saturated rings. The number of hydrogen-bond donors (Lipinski definition) is 0. The lowest BCUT2D eigenvalue weighted by atomic mass is 10.2. The van der Waals surface area contributed by atoms with Crippen molar-refractivity contribution in [2.24, 2.45) is 0 Å². The topological polar surface area (TPSA) is 66.9 Å². The average Bonchev–Trinajstić information content (AvgIpc) is 2.78. The first-order valence-corrected chi connectivity index (χ1v) is 11.3. The van der Waals surface area contributed by atoms with Crippen LogP contribution in [0.4, 0.5) is 5.69 Å². The molecular weight excluding hydrogens is 412 g/mol. The lowest BCUT2D eigenvalue weighted by Gasteiger charge is -2.20. The molecule has 0 radical (unpaired) electrons. The molecular formula is C24H26N2O4S. The van der Waals surface area contributed by atoms with E-state index in [0.717, 1.165) is 11.1 Å². The van der Waals surface area contributed by atoms with Gasteiger partial charge in [0.15, 0.2) is 6.61 Å². The number of carbonyl (C=O) groups is 1. The summed E-state index contributed by atoms with van der Waals surface area (Å²) in [5, 5.41) is 0. The zero-order valence-corrected chi connectivity index (χ0v) is 18.7. The van der Waals surface area contributed by atoms with Crippen molar-refractivity contribution >= 4 is 21.6 Å². The van der Waals surface area contributed by atoms with Crippen LogP contribution in [0.5, 0.6) is 5.75 Å². The largest absolute Gasteiger partial charge is 0.484 e. The number of hydrogen-bond acceptors (Lipinski definition) is 4. The second-order valence-electron chi connectivity index (χ2n) is 7.30. The first-order chi connectivity index (χ1) is 14.8. The number of aryl methyl sites for hydroxylation is 1. The second-order valence-corrected chi connectivity index (χ2v) is 9.27. The van der Waals surface area contributed by atoms with Crippen LogP contribution in [0.2, 0.25) is 0 Å². The number of ether oxygens (including phenoxy) is 1. The van der Waals surface area contributed by atoms with Crippen molar-refractivity contribution in [3.8, 4) is 5.75 Å². The highest BCUT2D eigenvalue weighted by Crippen LogP contribution is 2.24. The third kappa shape index (κ3) is 5.64. The lowest BCUT2D eigenvalue weighted by molar-refractivity contribution is -0.132. The van der Waals surface area contributed by atoms with Gasteiger partial charge in [0.05, 0.1) is 10.6 Å². The molecule has 0 spiro atoms. The summed E-state index contributed by atoms with van der Waals surface area (Å²) < 4.78 is 32.4. The van der Waals surface area contributed by atoms with E-state index in [9.17, 15) is 13.2 Å². The summed E-state index contributed by atoms with van der Waals surface area (Å²) in [7, 11) is -0.421. The molecule has 0 saturated heterocycles. The van der Waals surface area contributed by atoms with Crippen molar-refractivity contribution in [1.29, 1.82) is 0 Å². The van der Waals surface area contributed by atoms with E-state index >= 15 is 0 Å². The van der Waals surface area contributed by atoms with Crippen LogP contribution >= 0.6 is 0 Å². The minimum Gasteiger partial charge on any atom is -0.484 e. The van der Waals surface area contributed by atoms with Crippen molar-refractivity contribution in [3.63, 3.8) is 0 Å². The van der Waals surface area contributed by atoms with Gasteiger partial charge in [0, 0.05) is 20.6 Å². The van der Waals surface area contributed by atoms with Gasteiger partial charge in [-0.15, -0.1) is 0 Å². The Morgan fingerprint density at radius 3 is 2.10 bits per heavy atom. The van der Waals surface area contributed by atoms with Crippen LogP contribution in [0.25, 0.3) is 0 Å². The number of amides is 1. The molecule has 0 aliphatic heterocycles. The van der Waals surface area contributed by atoms with Crippen LogP contribution in [-0.4, -0.2) is 39.9 Å². The predicted octanol–water partition coefficient (Wildman–Crippen LogP) is 3.86. The number of rotatable bonds is 8. The molecule has 0 atom stereocenters. The lowest BCUT2D eigenvalue weighted by Crippen LogP contribution is -2.31.